The number of nitrogens with one attached hydrogen (secondary N) is 2. The number of benzene rings is 2. The fourth-order valence-electron chi connectivity index (χ4n) is 2.72. The van der Waals surface area contributed by atoms with Crippen LogP contribution in [0.25, 0.3) is 0 Å². The van der Waals surface area contributed by atoms with Crippen molar-refractivity contribution in [2.24, 2.45) is 4.99 Å². The van der Waals surface area contributed by atoms with Gasteiger partial charge in [0.15, 0.2) is 5.96 Å². The molecule has 0 bridgehead atoms. The SMILES string of the molecule is CCOCc1ccccc1CNC(=NC)NCc1cc(C)ccc1OC(F)F.I. The maximum Gasteiger partial charge on any atom is 0.387 e. The first-order chi connectivity index (χ1) is 13.5. The Morgan fingerprint density at radius 1 is 1.03 bits per heavy atom. The summed E-state index contributed by atoms with van der Waals surface area (Å²) in [4.78, 5) is 4.20. The highest BCUT2D eigenvalue weighted by Gasteiger charge is 2.11. The normalized spacial score (nSPS) is 11.2. The topological polar surface area (TPSA) is 54.9 Å². The number of alkyl halides is 2. The molecule has 2 rings (SSSR count). The number of hydrogen-bond acceptors (Lipinski definition) is 3. The molecule has 2 N–H and O–H groups in total. The van der Waals surface area contributed by atoms with Gasteiger partial charge in [-0.2, -0.15) is 8.78 Å². The first-order valence-electron chi connectivity index (χ1n) is 9.16. The minimum atomic E-state index is -2.86. The zero-order valence-corrected chi connectivity index (χ0v) is 19.2. The molecule has 29 heavy (non-hydrogen) atoms. The molecule has 0 radical (unpaired) electrons. The van der Waals surface area contributed by atoms with Crippen LogP contribution in [-0.2, 0) is 24.4 Å². The lowest BCUT2D eigenvalue weighted by atomic mass is 10.1. The molecule has 8 heteroatoms. The maximum absolute atomic E-state index is 12.6. The van der Waals surface area contributed by atoms with Gasteiger partial charge in [0.05, 0.1) is 6.61 Å². The summed E-state index contributed by atoms with van der Waals surface area (Å²) in [6, 6.07) is 13.1. The summed E-state index contributed by atoms with van der Waals surface area (Å²) < 4.78 is 35.3. The Bertz CT molecular complexity index is 788. The molecular formula is C21H28F2IN3O2. The summed E-state index contributed by atoms with van der Waals surface area (Å²) in [6.45, 7) is 3.09. The Morgan fingerprint density at radius 2 is 1.69 bits per heavy atom. The number of aliphatic imine (C=N–C) groups is 1. The maximum atomic E-state index is 12.6. The minimum Gasteiger partial charge on any atom is -0.434 e. The van der Waals surface area contributed by atoms with Crippen LogP contribution < -0.4 is 15.4 Å². The lowest BCUT2D eigenvalue weighted by Crippen LogP contribution is -2.36. The van der Waals surface area contributed by atoms with Crippen LogP contribution in [0.15, 0.2) is 47.5 Å². The Labute approximate surface area is 187 Å². The number of halogens is 3. The quantitative estimate of drug-likeness (QED) is 0.289. The lowest BCUT2D eigenvalue weighted by Gasteiger charge is -2.16. The van der Waals surface area contributed by atoms with E-state index in [9.17, 15) is 8.78 Å². The minimum absolute atomic E-state index is 0. The van der Waals surface area contributed by atoms with E-state index in [1.807, 2.05) is 44.2 Å². The fourth-order valence-corrected chi connectivity index (χ4v) is 2.72. The van der Waals surface area contributed by atoms with E-state index >= 15 is 0 Å². The van der Waals surface area contributed by atoms with Gasteiger partial charge in [0.25, 0.3) is 0 Å². The first kappa shape index (κ1) is 25.1. The van der Waals surface area contributed by atoms with Crippen LogP contribution in [0.2, 0.25) is 0 Å². The Kier molecular flexibility index (Phi) is 11.5. The van der Waals surface area contributed by atoms with Crippen LogP contribution in [0.1, 0.15) is 29.2 Å². The van der Waals surface area contributed by atoms with Gasteiger partial charge < -0.3 is 20.1 Å². The number of ether oxygens (including phenoxy) is 2. The summed E-state index contributed by atoms with van der Waals surface area (Å²) in [5, 5.41) is 6.38. The molecule has 0 amide bonds. The molecule has 2 aromatic rings. The second-order valence-electron chi connectivity index (χ2n) is 6.17. The Hall–Kier alpha value is -1.94. The van der Waals surface area contributed by atoms with Gasteiger partial charge >= 0.3 is 6.61 Å². The van der Waals surface area contributed by atoms with Crippen molar-refractivity contribution in [1.82, 2.24) is 10.6 Å². The van der Waals surface area contributed by atoms with Crippen molar-refractivity contribution in [3.63, 3.8) is 0 Å². The fraction of sp³-hybridized carbons (Fsp3) is 0.381. The van der Waals surface area contributed by atoms with Crippen molar-refractivity contribution in [2.45, 2.75) is 40.2 Å². The molecule has 0 saturated carbocycles. The Balaban J connectivity index is 0.00000420. The highest BCUT2D eigenvalue weighted by molar-refractivity contribution is 14.0. The molecule has 0 spiro atoms. The lowest BCUT2D eigenvalue weighted by molar-refractivity contribution is -0.0504. The number of rotatable bonds is 9. The van der Waals surface area contributed by atoms with Gasteiger partial charge in [0.1, 0.15) is 5.75 Å². The van der Waals surface area contributed by atoms with E-state index in [2.05, 4.69) is 20.4 Å². The molecule has 0 saturated heterocycles. The average molecular weight is 519 g/mol. The van der Waals surface area contributed by atoms with Gasteiger partial charge in [-0.15, -0.1) is 24.0 Å². The number of hydrogen-bond donors (Lipinski definition) is 2. The van der Waals surface area contributed by atoms with E-state index < -0.39 is 6.61 Å². The monoisotopic (exact) mass is 519 g/mol. The van der Waals surface area contributed by atoms with Gasteiger partial charge in [-0.25, -0.2) is 0 Å². The third-order valence-electron chi connectivity index (χ3n) is 4.13. The third kappa shape index (κ3) is 8.53. The third-order valence-corrected chi connectivity index (χ3v) is 4.13. The highest BCUT2D eigenvalue weighted by Crippen LogP contribution is 2.22. The van der Waals surface area contributed by atoms with Gasteiger partial charge in [-0.1, -0.05) is 42.0 Å². The smallest absolute Gasteiger partial charge is 0.387 e. The summed E-state index contributed by atoms with van der Waals surface area (Å²) in [6.07, 6.45) is 0. The van der Waals surface area contributed by atoms with Crippen LogP contribution in [0, 0.1) is 6.92 Å². The molecule has 0 heterocycles. The van der Waals surface area contributed by atoms with Crippen molar-refractivity contribution in [3.05, 3.63) is 64.7 Å². The molecule has 0 aliphatic carbocycles. The van der Waals surface area contributed by atoms with Gasteiger partial charge in [-0.05, 0) is 31.0 Å². The number of aryl methyl sites for hydroxylation is 1. The van der Waals surface area contributed by atoms with Crippen molar-refractivity contribution in [3.8, 4) is 5.75 Å². The van der Waals surface area contributed by atoms with Gasteiger partial charge in [0, 0.05) is 32.3 Å². The van der Waals surface area contributed by atoms with Crippen LogP contribution in [0.4, 0.5) is 8.78 Å². The predicted octanol–water partition coefficient (Wildman–Crippen LogP) is 4.62. The summed E-state index contributed by atoms with van der Waals surface area (Å²) >= 11 is 0. The zero-order valence-electron chi connectivity index (χ0n) is 16.9. The second-order valence-corrected chi connectivity index (χ2v) is 6.17. The highest BCUT2D eigenvalue weighted by atomic mass is 127. The Morgan fingerprint density at radius 3 is 2.31 bits per heavy atom. The van der Waals surface area contributed by atoms with Crippen molar-refractivity contribution in [2.75, 3.05) is 13.7 Å². The standard InChI is InChI=1S/C21H27F2N3O2.HI/c1-4-27-14-17-8-6-5-7-16(17)12-25-21(24-3)26-13-18-11-15(2)9-10-19(18)28-20(22)23;/h5-11,20H,4,12-14H2,1-3H3,(H2,24,25,26);1H. The molecule has 160 valence electrons. The van der Waals surface area contributed by atoms with E-state index in [-0.39, 0.29) is 29.7 Å². The summed E-state index contributed by atoms with van der Waals surface area (Å²) in [5.41, 5.74) is 3.82. The van der Waals surface area contributed by atoms with Crippen molar-refractivity contribution >= 4 is 29.9 Å². The number of nitrogens with zero attached hydrogens (tertiary/aromatic N) is 1. The van der Waals surface area contributed by atoms with E-state index in [4.69, 9.17) is 4.74 Å². The van der Waals surface area contributed by atoms with Crippen LogP contribution >= 0.6 is 24.0 Å². The zero-order chi connectivity index (χ0) is 20.4. The van der Waals surface area contributed by atoms with Crippen LogP contribution in [0.5, 0.6) is 5.75 Å². The van der Waals surface area contributed by atoms with Gasteiger partial charge in [0.2, 0.25) is 0 Å². The summed E-state index contributed by atoms with van der Waals surface area (Å²) in [5.74, 6) is 0.723. The average Bonchev–Trinajstić information content (AvgIpc) is 2.68. The second kappa shape index (κ2) is 13.3. The summed E-state index contributed by atoms with van der Waals surface area (Å²) in [7, 11) is 1.66. The molecular weight excluding hydrogens is 491 g/mol. The first-order valence-corrected chi connectivity index (χ1v) is 9.16. The van der Waals surface area contributed by atoms with E-state index in [0.29, 0.717) is 37.8 Å². The molecule has 2 aromatic carbocycles. The van der Waals surface area contributed by atoms with Crippen LogP contribution in [-0.4, -0.2) is 26.2 Å². The van der Waals surface area contributed by atoms with E-state index in [1.165, 1.54) is 0 Å². The predicted molar refractivity (Wildman–Crippen MR) is 122 cm³/mol. The molecule has 0 atom stereocenters. The molecule has 0 aliphatic rings. The van der Waals surface area contributed by atoms with Crippen molar-refractivity contribution in [1.29, 1.82) is 0 Å². The van der Waals surface area contributed by atoms with Gasteiger partial charge in [-0.3, -0.25) is 4.99 Å². The molecule has 0 fully saturated rings. The molecule has 5 nitrogen and oxygen atoms in total. The van der Waals surface area contributed by atoms with E-state index in [1.54, 1.807) is 19.2 Å². The van der Waals surface area contributed by atoms with E-state index in [0.717, 1.165) is 16.7 Å². The molecule has 0 aliphatic heterocycles. The van der Waals surface area contributed by atoms with Crippen LogP contribution in [0.3, 0.4) is 0 Å². The van der Waals surface area contributed by atoms with Crippen molar-refractivity contribution < 1.29 is 18.3 Å². The largest absolute Gasteiger partial charge is 0.434 e. The number of guanidine groups is 1. The molecule has 0 unspecified atom stereocenters. The molecule has 0 aromatic heterocycles.